The Morgan fingerprint density at radius 2 is 2.00 bits per heavy atom. The van der Waals surface area contributed by atoms with Gasteiger partial charge in [0, 0.05) is 39.8 Å². The molecule has 21 heavy (non-hydrogen) atoms. The Morgan fingerprint density at radius 3 is 2.62 bits per heavy atom. The summed E-state index contributed by atoms with van der Waals surface area (Å²) in [7, 11) is 5.22. The molecule has 2 rings (SSSR count). The molecule has 1 aromatic carbocycles. The van der Waals surface area contributed by atoms with Crippen LogP contribution >= 0.6 is 0 Å². The van der Waals surface area contributed by atoms with E-state index in [-0.39, 0.29) is 11.8 Å². The Balaban J connectivity index is 2.24. The van der Waals surface area contributed by atoms with E-state index in [9.17, 15) is 9.59 Å². The third-order valence-electron chi connectivity index (χ3n) is 3.69. The Labute approximate surface area is 125 Å². The lowest BCUT2D eigenvalue weighted by Gasteiger charge is -2.24. The SMILES string of the molecule is CN(C)C(=O)c1ccc(N2CCCN(C)C(=O)C2)c(N)c1. The first-order valence-corrected chi connectivity index (χ1v) is 7.00. The minimum absolute atomic E-state index is 0.0834. The highest BCUT2D eigenvalue weighted by Gasteiger charge is 2.21. The van der Waals surface area contributed by atoms with Gasteiger partial charge in [-0.05, 0) is 24.6 Å². The molecular weight excluding hydrogens is 268 g/mol. The predicted octanol–water partition coefficient (Wildman–Crippen LogP) is 0.639. The van der Waals surface area contributed by atoms with Gasteiger partial charge in [-0.2, -0.15) is 0 Å². The van der Waals surface area contributed by atoms with Crippen molar-refractivity contribution in [1.29, 1.82) is 0 Å². The van der Waals surface area contributed by atoms with Crippen LogP contribution < -0.4 is 10.6 Å². The molecule has 2 N–H and O–H groups in total. The smallest absolute Gasteiger partial charge is 0.253 e. The molecule has 1 fully saturated rings. The number of nitrogens with zero attached hydrogens (tertiary/aromatic N) is 3. The highest BCUT2D eigenvalue weighted by atomic mass is 16.2. The summed E-state index contributed by atoms with van der Waals surface area (Å²) >= 11 is 0. The van der Waals surface area contributed by atoms with Crippen LogP contribution in [0.1, 0.15) is 16.8 Å². The zero-order valence-corrected chi connectivity index (χ0v) is 12.8. The molecule has 0 unspecified atom stereocenters. The lowest BCUT2D eigenvalue weighted by atomic mass is 10.1. The fourth-order valence-electron chi connectivity index (χ4n) is 2.43. The zero-order chi connectivity index (χ0) is 15.6. The minimum atomic E-state index is -0.0834. The Morgan fingerprint density at radius 1 is 1.29 bits per heavy atom. The van der Waals surface area contributed by atoms with Crippen molar-refractivity contribution < 1.29 is 9.59 Å². The van der Waals surface area contributed by atoms with Crippen LogP contribution in [0.5, 0.6) is 0 Å². The second-order valence-electron chi connectivity index (χ2n) is 5.56. The molecule has 1 heterocycles. The standard InChI is InChI=1S/C15H22N4O2/c1-17(2)15(21)11-5-6-13(12(16)9-11)19-8-4-7-18(3)14(20)10-19/h5-6,9H,4,7-8,10,16H2,1-3H3. The molecule has 6 heteroatoms. The zero-order valence-electron chi connectivity index (χ0n) is 12.8. The molecule has 1 saturated heterocycles. The number of rotatable bonds is 2. The van der Waals surface area contributed by atoms with E-state index in [1.54, 1.807) is 31.1 Å². The molecule has 2 amide bonds. The molecule has 1 aliphatic rings. The van der Waals surface area contributed by atoms with Gasteiger partial charge < -0.3 is 20.4 Å². The monoisotopic (exact) mass is 290 g/mol. The van der Waals surface area contributed by atoms with Crippen molar-refractivity contribution >= 4 is 23.2 Å². The number of nitrogens with two attached hydrogens (primary N) is 1. The number of amides is 2. The van der Waals surface area contributed by atoms with Crippen molar-refractivity contribution in [1.82, 2.24) is 9.80 Å². The molecule has 0 saturated carbocycles. The first kappa shape index (κ1) is 15.2. The number of benzene rings is 1. The Kier molecular flexibility index (Phi) is 4.35. The maximum atomic E-state index is 12.0. The fourth-order valence-corrected chi connectivity index (χ4v) is 2.43. The average Bonchev–Trinajstić information content (AvgIpc) is 2.60. The summed E-state index contributed by atoms with van der Waals surface area (Å²) in [6.45, 7) is 1.86. The van der Waals surface area contributed by atoms with E-state index < -0.39 is 0 Å². The molecule has 0 radical (unpaired) electrons. The molecule has 1 aromatic rings. The summed E-state index contributed by atoms with van der Waals surface area (Å²) in [5.74, 6) is 0.000251. The van der Waals surface area contributed by atoms with Crippen molar-refractivity contribution in [3.8, 4) is 0 Å². The average molecular weight is 290 g/mol. The van der Waals surface area contributed by atoms with Crippen LogP contribution in [-0.4, -0.2) is 62.4 Å². The molecule has 0 aliphatic carbocycles. The number of hydrogen-bond acceptors (Lipinski definition) is 4. The minimum Gasteiger partial charge on any atom is -0.397 e. The molecule has 6 nitrogen and oxygen atoms in total. The lowest BCUT2D eigenvalue weighted by molar-refractivity contribution is -0.127. The van der Waals surface area contributed by atoms with E-state index in [2.05, 4.69) is 0 Å². The highest BCUT2D eigenvalue weighted by Crippen LogP contribution is 2.26. The Bertz CT molecular complexity index is 557. The quantitative estimate of drug-likeness (QED) is 0.812. The first-order chi connectivity index (χ1) is 9.90. The number of nitrogen functional groups attached to an aromatic ring is 1. The molecule has 0 atom stereocenters. The number of carbonyl (C=O) groups excluding carboxylic acids is 2. The predicted molar refractivity (Wildman–Crippen MR) is 83.3 cm³/mol. The van der Waals surface area contributed by atoms with E-state index in [4.69, 9.17) is 5.73 Å². The second kappa shape index (κ2) is 6.03. The normalized spacial score (nSPS) is 15.9. The van der Waals surface area contributed by atoms with Crippen molar-refractivity contribution in [3.05, 3.63) is 23.8 Å². The lowest BCUT2D eigenvalue weighted by Crippen LogP contribution is -2.34. The third-order valence-corrected chi connectivity index (χ3v) is 3.69. The van der Waals surface area contributed by atoms with Gasteiger partial charge in [0.25, 0.3) is 5.91 Å². The molecule has 0 spiro atoms. The maximum Gasteiger partial charge on any atom is 0.253 e. The van der Waals surface area contributed by atoms with Crippen LogP contribution in [0.15, 0.2) is 18.2 Å². The molecular formula is C15H22N4O2. The van der Waals surface area contributed by atoms with Crippen molar-refractivity contribution in [2.24, 2.45) is 0 Å². The summed E-state index contributed by atoms with van der Waals surface area (Å²) in [6.07, 6.45) is 0.903. The van der Waals surface area contributed by atoms with E-state index in [1.807, 2.05) is 18.0 Å². The number of anilines is 2. The largest absolute Gasteiger partial charge is 0.397 e. The first-order valence-electron chi connectivity index (χ1n) is 7.00. The van der Waals surface area contributed by atoms with Crippen LogP contribution in [0.25, 0.3) is 0 Å². The summed E-state index contributed by atoms with van der Waals surface area (Å²) in [4.78, 5) is 29.1. The van der Waals surface area contributed by atoms with Crippen LogP contribution in [0.4, 0.5) is 11.4 Å². The maximum absolute atomic E-state index is 12.0. The number of likely N-dealkylation sites (N-methyl/N-ethyl adjacent to an activating group) is 1. The van der Waals surface area contributed by atoms with Gasteiger partial charge in [0.2, 0.25) is 5.91 Å². The third kappa shape index (κ3) is 3.26. The fraction of sp³-hybridized carbons (Fsp3) is 0.467. The van der Waals surface area contributed by atoms with Gasteiger partial charge in [-0.1, -0.05) is 0 Å². The number of carbonyl (C=O) groups is 2. The molecule has 1 aliphatic heterocycles. The summed E-state index contributed by atoms with van der Waals surface area (Å²) in [5.41, 5.74) is 7.98. The Hall–Kier alpha value is -2.24. The van der Waals surface area contributed by atoms with Gasteiger partial charge in [-0.3, -0.25) is 9.59 Å². The van der Waals surface area contributed by atoms with E-state index in [0.717, 1.165) is 25.2 Å². The van der Waals surface area contributed by atoms with Crippen LogP contribution in [0.2, 0.25) is 0 Å². The van der Waals surface area contributed by atoms with Gasteiger partial charge in [-0.15, -0.1) is 0 Å². The van der Waals surface area contributed by atoms with Gasteiger partial charge in [0.15, 0.2) is 0 Å². The number of hydrogen-bond donors (Lipinski definition) is 1. The second-order valence-corrected chi connectivity index (χ2v) is 5.56. The van der Waals surface area contributed by atoms with Crippen molar-refractivity contribution in [3.63, 3.8) is 0 Å². The van der Waals surface area contributed by atoms with Crippen LogP contribution in [-0.2, 0) is 4.79 Å². The van der Waals surface area contributed by atoms with Crippen molar-refractivity contribution in [2.45, 2.75) is 6.42 Å². The molecule has 0 aromatic heterocycles. The van der Waals surface area contributed by atoms with E-state index in [1.165, 1.54) is 4.90 Å². The van der Waals surface area contributed by atoms with Crippen LogP contribution in [0.3, 0.4) is 0 Å². The summed E-state index contributed by atoms with van der Waals surface area (Å²) in [5, 5.41) is 0. The van der Waals surface area contributed by atoms with E-state index in [0.29, 0.717) is 17.8 Å². The molecule has 114 valence electrons. The van der Waals surface area contributed by atoms with Gasteiger partial charge in [-0.25, -0.2) is 0 Å². The molecule has 0 bridgehead atoms. The summed E-state index contributed by atoms with van der Waals surface area (Å²) in [6, 6.07) is 5.26. The van der Waals surface area contributed by atoms with Crippen molar-refractivity contribution in [2.75, 3.05) is 51.4 Å². The highest BCUT2D eigenvalue weighted by molar-refractivity contribution is 5.96. The van der Waals surface area contributed by atoms with Crippen LogP contribution in [0, 0.1) is 0 Å². The van der Waals surface area contributed by atoms with Gasteiger partial charge in [0.05, 0.1) is 17.9 Å². The summed E-state index contributed by atoms with van der Waals surface area (Å²) < 4.78 is 0. The topological polar surface area (TPSA) is 69.9 Å². The van der Waals surface area contributed by atoms with Gasteiger partial charge >= 0.3 is 0 Å². The van der Waals surface area contributed by atoms with E-state index >= 15 is 0 Å². The van der Waals surface area contributed by atoms with Gasteiger partial charge in [0.1, 0.15) is 0 Å².